The summed E-state index contributed by atoms with van der Waals surface area (Å²) >= 11 is 1.43. The molecular weight excluding hydrogens is 350 g/mol. The number of thiophene rings is 1. The second-order valence-corrected chi connectivity index (χ2v) is 7.81. The molecule has 1 aliphatic heterocycles. The molecule has 0 radical (unpaired) electrons. The fourth-order valence-corrected chi connectivity index (χ4v) is 4.03. The normalized spacial score (nSPS) is 17.0. The first-order valence-electron chi connectivity index (χ1n) is 8.65. The van der Waals surface area contributed by atoms with Crippen LogP contribution in [0.2, 0.25) is 0 Å². The van der Waals surface area contributed by atoms with Crippen LogP contribution in [0, 0.1) is 19.8 Å². The van der Waals surface area contributed by atoms with Gasteiger partial charge in [-0.15, -0.1) is 11.3 Å². The molecule has 0 aliphatic carbocycles. The van der Waals surface area contributed by atoms with Gasteiger partial charge < -0.3 is 15.0 Å². The molecule has 1 N–H and O–H groups in total. The molecule has 1 unspecified atom stereocenters. The highest BCUT2D eigenvalue weighted by atomic mass is 32.1. The maximum absolute atomic E-state index is 12.9. The molecule has 1 aliphatic rings. The number of hydrogen-bond donors (Lipinski definition) is 1. The van der Waals surface area contributed by atoms with Crippen molar-refractivity contribution in [2.75, 3.05) is 25.5 Å². The van der Waals surface area contributed by atoms with Gasteiger partial charge in [-0.05, 0) is 44.4 Å². The number of amides is 2. The summed E-state index contributed by atoms with van der Waals surface area (Å²) < 4.78 is 5.32. The molecule has 2 aromatic heterocycles. The number of anilines is 1. The molecule has 1 atom stereocenters. The Morgan fingerprint density at radius 3 is 2.85 bits per heavy atom. The highest BCUT2D eigenvalue weighted by Gasteiger charge is 2.31. The van der Waals surface area contributed by atoms with E-state index < -0.39 is 0 Å². The number of carbonyl (C=O) groups is 2. The number of pyridine rings is 1. The number of hydrogen-bond acceptors (Lipinski definition) is 5. The first-order valence-corrected chi connectivity index (χ1v) is 9.47. The number of aryl methyl sites for hydroxylation is 2. The zero-order valence-electron chi connectivity index (χ0n) is 15.2. The van der Waals surface area contributed by atoms with Crippen LogP contribution in [0.5, 0.6) is 5.75 Å². The lowest BCUT2D eigenvalue weighted by molar-refractivity contribution is -0.121. The Bertz CT molecular complexity index is 801. The number of carbonyl (C=O) groups excluding carboxylic acids is 2. The summed E-state index contributed by atoms with van der Waals surface area (Å²) in [6.07, 6.45) is 3.29. The zero-order chi connectivity index (χ0) is 18.7. The number of aromatic nitrogens is 1. The molecule has 3 heterocycles. The minimum absolute atomic E-state index is 0.0640. The SMILES string of the molecule is COc1cc(C)sc1C(=O)N1CCCC(C(=O)Nc2ccc(C)cn2)C1. The van der Waals surface area contributed by atoms with Gasteiger partial charge in [-0.2, -0.15) is 0 Å². The molecule has 2 amide bonds. The molecule has 26 heavy (non-hydrogen) atoms. The zero-order valence-corrected chi connectivity index (χ0v) is 16.1. The topological polar surface area (TPSA) is 71.5 Å². The van der Waals surface area contributed by atoms with Crippen molar-refractivity contribution in [2.45, 2.75) is 26.7 Å². The molecule has 138 valence electrons. The Morgan fingerprint density at radius 1 is 1.35 bits per heavy atom. The van der Waals surface area contributed by atoms with Gasteiger partial charge in [-0.25, -0.2) is 4.98 Å². The first kappa shape index (κ1) is 18.4. The van der Waals surface area contributed by atoms with E-state index in [4.69, 9.17) is 4.74 Å². The molecule has 7 heteroatoms. The fraction of sp³-hybridized carbons (Fsp3) is 0.421. The lowest BCUT2D eigenvalue weighted by Gasteiger charge is -2.31. The van der Waals surface area contributed by atoms with E-state index in [0.717, 1.165) is 23.3 Å². The molecule has 0 spiro atoms. The number of likely N-dealkylation sites (tertiary alicyclic amines) is 1. The van der Waals surface area contributed by atoms with Crippen LogP contribution in [0.1, 0.15) is 33.0 Å². The summed E-state index contributed by atoms with van der Waals surface area (Å²) in [5.74, 6) is 0.759. The van der Waals surface area contributed by atoms with Crippen molar-refractivity contribution in [3.8, 4) is 5.75 Å². The van der Waals surface area contributed by atoms with E-state index in [9.17, 15) is 9.59 Å². The first-order chi connectivity index (χ1) is 12.5. The van der Waals surface area contributed by atoms with Gasteiger partial charge in [-0.1, -0.05) is 6.07 Å². The lowest BCUT2D eigenvalue weighted by atomic mass is 9.97. The Kier molecular flexibility index (Phi) is 5.56. The maximum Gasteiger partial charge on any atom is 0.267 e. The largest absolute Gasteiger partial charge is 0.495 e. The molecule has 0 saturated carbocycles. The Hall–Kier alpha value is -2.41. The van der Waals surface area contributed by atoms with Gasteiger partial charge in [0.25, 0.3) is 5.91 Å². The van der Waals surface area contributed by atoms with Gasteiger partial charge in [0.2, 0.25) is 5.91 Å². The van der Waals surface area contributed by atoms with Crippen molar-refractivity contribution in [3.05, 3.63) is 39.7 Å². The molecule has 1 fully saturated rings. The number of ether oxygens (including phenoxy) is 1. The van der Waals surface area contributed by atoms with Crippen molar-refractivity contribution in [3.63, 3.8) is 0 Å². The van der Waals surface area contributed by atoms with Gasteiger partial charge in [-0.3, -0.25) is 9.59 Å². The molecular formula is C19H23N3O3S. The van der Waals surface area contributed by atoms with Crippen LogP contribution in [0.25, 0.3) is 0 Å². The quantitative estimate of drug-likeness (QED) is 0.893. The van der Waals surface area contributed by atoms with E-state index in [-0.39, 0.29) is 17.7 Å². The van der Waals surface area contributed by atoms with E-state index in [1.807, 2.05) is 26.0 Å². The van der Waals surface area contributed by atoms with Crippen molar-refractivity contribution >= 4 is 29.0 Å². The summed E-state index contributed by atoms with van der Waals surface area (Å²) in [6.45, 7) is 4.97. The standard InChI is InChI=1S/C19H23N3O3S/c1-12-6-7-16(20-10-12)21-18(23)14-5-4-8-22(11-14)19(24)17-15(25-3)9-13(2)26-17/h6-7,9-10,14H,4-5,8,11H2,1-3H3,(H,20,21,23). The third-order valence-corrected chi connectivity index (χ3v) is 5.50. The third kappa shape index (κ3) is 4.04. The van der Waals surface area contributed by atoms with E-state index >= 15 is 0 Å². The van der Waals surface area contributed by atoms with Crippen molar-refractivity contribution < 1.29 is 14.3 Å². The number of piperidine rings is 1. The smallest absolute Gasteiger partial charge is 0.267 e. The molecule has 0 bridgehead atoms. The second-order valence-electron chi connectivity index (χ2n) is 6.55. The van der Waals surface area contributed by atoms with Crippen LogP contribution in [0.15, 0.2) is 24.4 Å². The lowest BCUT2D eigenvalue weighted by Crippen LogP contribution is -2.43. The highest BCUT2D eigenvalue weighted by molar-refractivity contribution is 7.14. The predicted molar refractivity (Wildman–Crippen MR) is 102 cm³/mol. The average molecular weight is 373 g/mol. The summed E-state index contributed by atoms with van der Waals surface area (Å²) in [5.41, 5.74) is 1.04. The van der Waals surface area contributed by atoms with E-state index in [0.29, 0.717) is 29.5 Å². The van der Waals surface area contributed by atoms with Gasteiger partial charge in [0.1, 0.15) is 16.4 Å². The molecule has 0 aromatic carbocycles. The van der Waals surface area contributed by atoms with E-state index in [1.165, 1.54) is 11.3 Å². The van der Waals surface area contributed by atoms with Crippen LogP contribution in [0.4, 0.5) is 5.82 Å². The predicted octanol–water partition coefficient (Wildman–Crippen LogP) is 3.26. The Labute approximate surface area is 157 Å². The van der Waals surface area contributed by atoms with Crippen LogP contribution in [0.3, 0.4) is 0 Å². The van der Waals surface area contributed by atoms with Crippen molar-refractivity contribution in [2.24, 2.45) is 5.92 Å². The van der Waals surface area contributed by atoms with Crippen molar-refractivity contribution in [1.29, 1.82) is 0 Å². The highest BCUT2D eigenvalue weighted by Crippen LogP contribution is 2.31. The summed E-state index contributed by atoms with van der Waals surface area (Å²) in [7, 11) is 1.57. The number of rotatable bonds is 4. The molecule has 2 aromatic rings. The van der Waals surface area contributed by atoms with Gasteiger partial charge in [0.15, 0.2) is 0 Å². The van der Waals surface area contributed by atoms with Crippen molar-refractivity contribution in [1.82, 2.24) is 9.88 Å². The molecule has 1 saturated heterocycles. The average Bonchev–Trinajstić information content (AvgIpc) is 3.04. The second kappa shape index (κ2) is 7.86. The van der Waals surface area contributed by atoms with Crippen LogP contribution < -0.4 is 10.1 Å². The minimum atomic E-state index is -0.233. The fourth-order valence-electron chi connectivity index (χ4n) is 3.08. The van der Waals surface area contributed by atoms with E-state index in [1.54, 1.807) is 24.3 Å². The number of nitrogens with one attached hydrogen (secondary N) is 1. The third-order valence-electron chi connectivity index (χ3n) is 4.48. The van der Waals surface area contributed by atoms with Gasteiger partial charge in [0, 0.05) is 24.2 Å². The maximum atomic E-state index is 12.9. The van der Waals surface area contributed by atoms with Gasteiger partial charge >= 0.3 is 0 Å². The summed E-state index contributed by atoms with van der Waals surface area (Å²) in [4.78, 5) is 33.0. The Balaban J connectivity index is 1.67. The molecule has 6 nitrogen and oxygen atoms in total. The minimum Gasteiger partial charge on any atom is -0.495 e. The summed E-state index contributed by atoms with van der Waals surface area (Å²) in [5, 5.41) is 2.85. The van der Waals surface area contributed by atoms with Crippen LogP contribution in [-0.4, -0.2) is 41.9 Å². The summed E-state index contributed by atoms with van der Waals surface area (Å²) in [6, 6.07) is 5.57. The monoisotopic (exact) mass is 373 g/mol. The molecule has 3 rings (SSSR count). The van der Waals surface area contributed by atoms with Crippen LogP contribution in [-0.2, 0) is 4.79 Å². The number of methoxy groups -OCH3 is 1. The number of nitrogens with zero attached hydrogens (tertiary/aromatic N) is 2. The van der Waals surface area contributed by atoms with Crippen LogP contribution >= 0.6 is 11.3 Å². The Morgan fingerprint density at radius 2 is 2.15 bits per heavy atom. The van der Waals surface area contributed by atoms with Gasteiger partial charge in [0.05, 0.1) is 13.0 Å². The van der Waals surface area contributed by atoms with E-state index in [2.05, 4.69) is 10.3 Å².